The molecule has 29 heavy (non-hydrogen) atoms. The summed E-state index contributed by atoms with van der Waals surface area (Å²) in [5, 5.41) is 17.5. The lowest BCUT2D eigenvalue weighted by molar-refractivity contribution is -0.131. The molecule has 150 valence electrons. The number of H-pyrrole nitrogens is 1. The van der Waals surface area contributed by atoms with E-state index in [9.17, 15) is 9.90 Å². The van der Waals surface area contributed by atoms with Crippen LogP contribution in [-0.4, -0.2) is 26.3 Å². The van der Waals surface area contributed by atoms with Crippen molar-refractivity contribution in [2.24, 2.45) is 0 Å². The van der Waals surface area contributed by atoms with Gasteiger partial charge in [-0.25, -0.2) is 9.78 Å². The summed E-state index contributed by atoms with van der Waals surface area (Å²) >= 11 is 7.16. The fourth-order valence-corrected chi connectivity index (χ4v) is 3.44. The second-order valence-corrected chi connectivity index (χ2v) is 7.60. The Morgan fingerprint density at radius 3 is 2.86 bits per heavy atom. The van der Waals surface area contributed by atoms with Crippen LogP contribution in [-0.2, 0) is 17.8 Å². The first-order valence-electron chi connectivity index (χ1n) is 9.05. The van der Waals surface area contributed by atoms with Gasteiger partial charge in [-0.15, -0.1) is 5.10 Å². The van der Waals surface area contributed by atoms with Gasteiger partial charge in [0.1, 0.15) is 23.1 Å². The van der Waals surface area contributed by atoms with Crippen molar-refractivity contribution in [3.05, 3.63) is 75.4 Å². The van der Waals surface area contributed by atoms with Crippen molar-refractivity contribution in [1.29, 1.82) is 0 Å². The van der Waals surface area contributed by atoms with Gasteiger partial charge in [0.25, 0.3) is 0 Å². The number of aryl methyl sites for hydroxylation is 1. The highest BCUT2D eigenvalue weighted by Crippen LogP contribution is 2.27. The van der Waals surface area contributed by atoms with Crippen LogP contribution in [0.15, 0.2) is 58.6 Å². The molecule has 0 unspecified atom stereocenters. The minimum absolute atomic E-state index is 0.121. The van der Waals surface area contributed by atoms with Gasteiger partial charge in [-0.05, 0) is 48.0 Å². The Morgan fingerprint density at radius 2 is 2.10 bits per heavy atom. The van der Waals surface area contributed by atoms with Crippen molar-refractivity contribution in [2.75, 3.05) is 0 Å². The number of hydrogen-bond donors (Lipinski definition) is 2. The van der Waals surface area contributed by atoms with Crippen molar-refractivity contribution < 1.29 is 14.6 Å². The van der Waals surface area contributed by atoms with E-state index in [-0.39, 0.29) is 4.91 Å². The van der Waals surface area contributed by atoms with Gasteiger partial charge in [0.2, 0.25) is 5.16 Å². The molecule has 0 bridgehead atoms. The summed E-state index contributed by atoms with van der Waals surface area (Å²) < 4.78 is 5.81. The van der Waals surface area contributed by atoms with Crippen molar-refractivity contribution in [3.8, 4) is 5.75 Å². The number of rotatable bonds is 9. The number of ether oxygens (including phenoxy) is 1. The molecule has 0 amide bonds. The van der Waals surface area contributed by atoms with Crippen molar-refractivity contribution in [3.63, 3.8) is 0 Å². The quantitative estimate of drug-likeness (QED) is 0.358. The Labute approximate surface area is 178 Å². The van der Waals surface area contributed by atoms with E-state index in [1.165, 1.54) is 0 Å². The SMILES string of the molecule is CCCc1nc(S/C(=C\c2cccc(OCc3ccccc3Cl)c2)C(=O)O)n[nH]1. The topological polar surface area (TPSA) is 88.1 Å². The first kappa shape index (κ1) is 21.0. The van der Waals surface area contributed by atoms with E-state index in [1.54, 1.807) is 12.1 Å². The van der Waals surface area contributed by atoms with E-state index in [0.717, 1.165) is 36.0 Å². The van der Waals surface area contributed by atoms with Crippen LogP contribution in [0.2, 0.25) is 5.02 Å². The first-order chi connectivity index (χ1) is 14.0. The van der Waals surface area contributed by atoms with Crippen LogP contribution in [0.3, 0.4) is 0 Å². The average molecular weight is 430 g/mol. The molecule has 0 aliphatic heterocycles. The summed E-state index contributed by atoms with van der Waals surface area (Å²) in [5.74, 6) is 0.325. The Balaban J connectivity index is 1.73. The van der Waals surface area contributed by atoms with Gasteiger partial charge in [0.05, 0.1) is 0 Å². The summed E-state index contributed by atoms with van der Waals surface area (Å²) in [6.07, 6.45) is 3.28. The van der Waals surface area contributed by atoms with Gasteiger partial charge in [-0.3, -0.25) is 5.10 Å². The van der Waals surface area contributed by atoms with Gasteiger partial charge in [0, 0.05) is 17.0 Å². The lowest BCUT2D eigenvalue weighted by atomic mass is 10.2. The van der Waals surface area contributed by atoms with E-state index < -0.39 is 5.97 Å². The third kappa shape index (κ3) is 6.10. The van der Waals surface area contributed by atoms with Crippen LogP contribution in [0.25, 0.3) is 6.08 Å². The zero-order chi connectivity index (χ0) is 20.6. The number of benzene rings is 2. The molecule has 0 radical (unpaired) electrons. The molecule has 6 nitrogen and oxygen atoms in total. The van der Waals surface area contributed by atoms with Crippen LogP contribution < -0.4 is 4.74 Å². The molecule has 8 heteroatoms. The number of carboxylic acid groups (broad SMARTS) is 1. The molecule has 0 saturated heterocycles. The summed E-state index contributed by atoms with van der Waals surface area (Å²) in [6, 6.07) is 14.7. The average Bonchev–Trinajstić information content (AvgIpc) is 3.14. The zero-order valence-electron chi connectivity index (χ0n) is 15.8. The fraction of sp³-hybridized carbons (Fsp3) is 0.190. The number of carbonyl (C=O) groups is 1. The molecule has 0 fully saturated rings. The first-order valence-corrected chi connectivity index (χ1v) is 10.2. The van der Waals surface area contributed by atoms with E-state index in [4.69, 9.17) is 16.3 Å². The number of aliphatic carboxylic acids is 1. The van der Waals surface area contributed by atoms with Crippen LogP contribution in [0.5, 0.6) is 5.75 Å². The standard InChI is InChI=1S/C21H20ClN3O3S/c1-2-6-19-23-21(25-24-19)29-18(20(26)27)12-14-7-5-9-16(11-14)28-13-15-8-3-4-10-17(15)22/h3-5,7-12H,2,6,13H2,1H3,(H,26,27)(H,23,24,25)/b18-12-. The number of aromatic amines is 1. The summed E-state index contributed by atoms with van der Waals surface area (Å²) in [7, 11) is 0. The highest BCUT2D eigenvalue weighted by Gasteiger charge is 2.14. The Kier molecular flexibility index (Phi) is 7.32. The van der Waals surface area contributed by atoms with Gasteiger partial charge in [-0.2, -0.15) is 0 Å². The molecular weight excluding hydrogens is 410 g/mol. The number of aromatic nitrogens is 3. The van der Waals surface area contributed by atoms with Gasteiger partial charge in [0.15, 0.2) is 0 Å². The summed E-state index contributed by atoms with van der Waals surface area (Å²) in [4.78, 5) is 16.1. The molecule has 2 aromatic carbocycles. The number of thioether (sulfide) groups is 1. The second kappa shape index (κ2) is 10.1. The Hall–Kier alpha value is -2.77. The van der Waals surface area contributed by atoms with E-state index in [0.29, 0.717) is 28.1 Å². The smallest absolute Gasteiger partial charge is 0.342 e. The van der Waals surface area contributed by atoms with Crippen LogP contribution >= 0.6 is 23.4 Å². The fourth-order valence-electron chi connectivity index (χ4n) is 2.53. The highest BCUT2D eigenvalue weighted by molar-refractivity contribution is 8.04. The molecule has 0 atom stereocenters. The normalized spacial score (nSPS) is 11.4. The molecular formula is C21H20ClN3O3S. The zero-order valence-corrected chi connectivity index (χ0v) is 17.3. The van der Waals surface area contributed by atoms with Crippen LogP contribution in [0.1, 0.15) is 30.3 Å². The van der Waals surface area contributed by atoms with Gasteiger partial charge >= 0.3 is 5.97 Å². The number of nitrogens with one attached hydrogen (secondary N) is 1. The van der Waals surface area contributed by atoms with Gasteiger partial charge < -0.3 is 9.84 Å². The van der Waals surface area contributed by atoms with Crippen LogP contribution in [0, 0.1) is 0 Å². The molecule has 0 aliphatic carbocycles. The maximum absolute atomic E-state index is 11.7. The maximum atomic E-state index is 11.7. The van der Waals surface area contributed by atoms with E-state index in [1.807, 2.05) is 49.4 Å². The number of halogens is 1. The molecule has 3 rings (SSSR count). The molecule has 0 spiro atoms. The van der Waals surface area contributed by atoms with Crippen molar-refractivity contribution in [2.45, 2.75) is 31.5 Å². The predicted molar refractivity (Wildman–Crippen MR) is 114 cm³/mol. The Morgan fingerprint density at radius 1 is 1.28 bits per heavy atom. The number of hydrogen-bond acceptors (Lipinski definition) is 5. The second-order valence-electron chi connectivity index (χ2n) is 6.18. The number of nitrogens with zero attached hydrogens (tertiary/aromatic N) is 2. The van der Waals surface area contributed by atoms with Crippen molar-refractivity contribution >= 4 is 35.4 Å². The largest absolute Gasteiger partial charge is 0.489 e. The lowest BCUT2D eigenvalue weighted by Crippen LogP contribution is -1.98. The molecule has 0 aliphatic rings. The van der Waals surface area contributed by atoms with Crippen LogP contribution in [0.4, 0.5) is 0 Å². The molecule has 1 aromatic heterocycles. The minimum Gasteiger partial charge on any atom is -0.489 e. The summed E-state index contributed by atoms with van der Waals surface area (Å²) in [6.45, 7) is 2.36. The number of carboxylic acids is 1. The summed E-state index contributed by atoms with van der Waals surface area (Å²) in [5.41, 5.74) is 1.58. The maximum Gasteiger partial charge on any atom is 0.342 e. The molecule has 1 heterocycles. The molecule has 2 N–H and O–H groups in total. The minimum atomic E-state index is -1.04. The third-order valence-electron chi connectivity index (χ3n) is 3.92. The highest BCUT2D eigenvalue weighted by atomic mass is 35.5. The predicted octanol–water partition coefficient (Wildman–Crippen LogP) is 5.21. The van der Waals surface area contributed by atoms with Gasteiger partial charge in [-0.1, -0.05) is 48.9 Å². The third-order valence-corrected chi connectivity index (χ3v) is 5.16. The molecule has 3 aromatic rings. The monoisotopic (exact) mass is 429 g/mol. The van der Waals surface area contributed by atoms with Crippen molar-refractivity contribution in [1.82, 2.24) is 15.2 Å². The molecule has 0 saturated carbocycles. The Bertz CT molecular complexity index is 1020. The van der Waals surface area contributed by atoms with E-state index >= 15 is 0 Å². The van der Waals surface area contributed by atoms with E-state index in [2.05, 4.69) is 15.2 Å². The lowest BCUT2D eigenvalue weighted by Gasteiger charge is -2.08.